The van der Waals surface area contributed by atoms with Gasteiger partial charge in [-0.2, -0.15) is 0 Å². The molecule has 1 aromatic heterocycles. The minimum absolute atomic E-state index is 0.859. The lowest BCUT2D eigenvalue weighted by Gasteiger charge is -2.32. The molecule has 1 aromatic rings. The second kappa shape index (κ2) is 7.90. The van der Waals surface area contributed by atoms with Gasteiger partial charge in [-0.1, -0.05) is 18.3 Å². The first-order valence-electron chi connectivity index (χ1n) is 7.60. The van der Waals surface area contributed by atoms with E-state index in [1.165, 1.54) is 32.5 Å². The van der Waals surface area contributed by atoms with Gasteiger partial charge < -0.3 is 10.2 Å². The molecule has 0 saturated carbocycles. The van der Waals surface area contributed by atoms with E-state index >= 15 is 0 Å². The van der Waals surface area contributed by atoms with Gasteiger partial charge in [0.15, 0.2) is 0 Å². The van der Waals surface area contributed by atoms with Gasteiger partial charge in [0, 0.05) is 13.1 Å². The van der Waals surface area contributed by atoms with Crippen LogP contribution in [0.4, 0.5) is 5.13 Å². The third-order valence-corrected chi connectivity index (χ3v) is 4.55. The number of nitrogens with one attached hydrogen (secondary N) is 1. The lowest BCUT2D eigenvalue weighted by Crippen LogP contribution is -2.36. The van der Waals surface area contributed by atoms with Crippen molar-refractivity contribution in [3.8, 4) is 0 Å². The van der Waals surface area contributed by atoms with Crippen molar-refractivity contribution in [3.05, 3.63) is 5.01 Å². The monoisotopic (exact) mass is 297 g/mol. The lowest BCUT2D eigenvalue weighted by molar-refractivity contribution is 0.156. The maximum atomic E-state index is 4.29. The Morgan fingerprint density at radius 3 is 2.70 bits per heavy atom. The minimum atomic E-state index is 0.859. The largest absolute Gasteiger partial charge is 0.360 e. The highest BCUT2D eigenvalue weighted by molar-refractivity contribution is 7.15. The van der Waals surface area contributed by atoms with Gasteiger partial charge in [-0.15, -0.1) is 10.2 Å². The maximum absolute atomic E-state index is 4.29. The molecule has 1 fully saturated rings. The van der Waals surface area contributed by atoms with Crippen LogP contribution in [0.1, 0.15) is 31.2 Å². The highest BCUT2D eigenvalue weighted by atomic mass is 32.1. The smallest absolute Gasteiger partial charge is 0.205 e. The molecule has 1 N–H and O–H groups in total. The van der Waals surface area contributed by atoms with E-state index in [-0.39, 0.29) is 0 Å². The summed E-state index contributed by atoms with van der Waals surface area (Å²) in [5, 5.41) is 13.9. The molecule has 0 aliphatic carbocycles. The molecule has 1 saturated heterocycles. The van der Waals surface area contributed by atoms with Gasteiger partial charge in [0.05, 0.1) is 6.54 Å². The molecule has 0 aromatic carbocycles. The number of hydrogen-bond donors (Lipinski definition) is 1. The number of piperidine rings is 1. The molecule has 2 heterocycles. The third kappa shape index (κ3) is 5.00. The van der Waals surface area contributed by atoms with E-state index in [2.05, 4.69) is 46.3 Å². The Hall–Kier alpha value is -0.720. The zero-order valence-corrected chi connectivity index (χ0v) is 13.7. The zero-order valence-electron chi connectivity index (χ0n) is 12.9. The molecule has 0 amide bonds. The first-order valence-corrected chi connectivity index (χ1v) is 8.42. The molecule has 0 unspecified atom stereocenters. The second-order valence-electron chi connectivity index (χ2n) is 5.91. The predicted molar refractivity (Wildman–Crippen MR) is 85.2 cm³/mol. The molecule has 20 heavy (non-hydrogen) atoms. The fourth-order valence-corrected chi connectivity index (χ4v) is 3.46. The minimum Gasteiger partial charge on any atom is -0.360 e. The summed E-state index contributed by atoms with van der Waals surface area (Å²) in [5.74, 6) is 0.859. The Balaban J connectivity index is 1.73. The molecule has 6 heteroatoms. The third-order valence-electron chi connectivity index (χ3n) is 3.68. The first kappa shape index (κ1) is 15.7. The summed E-state index contributed by atoms with van der Waals surface area (Å²) >= 11 is 1.69. The van der Waals surface area contributed by atoms with Gasteiger partial charge in [-0.3, -0.25) is 4.90 Å². The number of rotatable bonds is 7. The number of anilines is 1. The van der Waals surface area contributed by atoms with Crippen LogP contribution in [0.5, 0.6) is 0 Å². The van der Waals surface area contributed by atoms with Gasteiger partial charge in [0.1, 0.15) is 5.01 Å². The molecule has 5 nitrogen and oxygen atoms in total. The molecule has 0 spiro atoms. The SMILES string of the molecule is CCCNc1nnc(CN2CCC(CN(C)C)CC2)s1. The van der Waals surface area contributed by atoms with Crippen LogP contribution >= 0.6 is 11.3 Å². The average Bonchev–Trinajstić information content (AvgIpc) is 2.86. The van der Waals surface area contributed by atoms with Crippen LogP contribution in [0.15, 0.2) is 0 Å². The van der Waals surface area contributed by atoms with Crippen molar-refractivity contribution in [2.75, 3.05) is 45.6 Å². The molecule has 2 rings (SSSR count). The lowest BCUT2D eigenvalue weighted by atomic mass is 9.96. The van der Waals surface area contributed by atoms with E-state index < -0.39 is 0 Å². The Kier molecular flexibility index (Phi) is 6.19. The van der Waals surface area contributed by atoms with Crippen molar-refractivity contribution >= 4 is 16.5 Å². The fourth-order valence-electron chi connectivity index (χ4n) is 2.66. The number of likely N-dealkylation sites (tertiary alicyclic amines) is 1. The van der Waals surface area contributed by atoms with Crippen molar-refractivity contribution in [2.24, 2.45) is 5.92 Å². The summed E-state index contributed by atoms with van der Waals surface area (Å²) < 4.78 is 0. The van der Waals surface area contributed by atoms with Gasteiger partial charge in [0.25, 0.3) is 0 Å². The standard InChI is InChI=1S/C14H27N5S/c1-4-7-15-14-17-16-13(20-14)11-19-8-5-12(6-9-19)10-18(2)3/h12H,4-11H2,1-3H3,(H,15,17). The van der Waals surface area contributed by atoms with Crippen molar-refractivity contribution in [2.45, 2.75) is 32.7 Å². The van der Waals surface area contributed by atoms with E-state index in [1.807, 2.05) is 0 Å². The van der Waals surface area contributed by atoms with Crippen LogP contribution in [-0.2, 0) is 6.54 Å². The quantitative estimate of drug-likeness (QED) is 0.835. The number of nitrogens with zero attached hydrogens (tertiary/aromatic N) is 4. The number of hydrogen-bond acceptors (Lipinski definition) is 6. The van der Waals surface area contributed by atoms with E-state index in [1.54, 1.807) is 11.3 Å². The molecular formula is C14H27N5S. The highest BCUT2D eigenvalue weighted by Crippen LogP contribution is 2.22. The Morgan fingerprint density at radius 2 is 2.05 bits per heavy atom. The normalized spacial score (nSPS) is 17.8. The van der Waals surface area contributed by atoms with Crippen LogP contribution in [0.2, 0.25) is 0 Å². The molecule has 0 radical (unpaired) electrons. The Morgan fingerprint density at radius 1 is 1.30 bits per heavy atom. The molecule has 0 bridgehead atoms. The maximum Gasteiger partial charge on any atom is 0.205 e. The van der Waals surface area contributed by atoms with Crippen LogP contribution in [0.25, 0.3) is 0 Å². The summed E-state index contributed by atoms with van der Waals surface area (Å²) in [6, 6.07) is 0. The van der Waals surface area contributed by atoms with E-state index in [4.69, 9.17) is 0 Å². The van der Waals surface area contributed by atoms with Gasteiger partial charge in [-0.05, 0) is 52.4 Å². The molecule has 1 aliphatic rings. The van der Waals surface area contributed by atoms with Crippen molar-refractivity contribution in [1.29, 1.82) is 0 Å². The highest BCUT2D eigenvalue weighted by Gasteiger charge is 2.20. The Bertz CT molecular complexity index is 385. The summed E-state index contributed by atoms with van der Waals surface area (Å²) in [7, 11) is 4.33. The summed E-state index contributed by atoms with van der Waals surface area (Å²) in [5.41, 5.74) is 0. The summed E-state index contributed by atoms with van der Waals surface area (Å²) in [4.78, 5) is 4.81. The van der Waals surface area contributed by atoms with Crippen LogP contribution in [-0.4, -0.2) is 60.3 Å². The van der Waals surface area contributed by atoms with E-state index in [0.29, 0.717) is 0 Å². The zero-order chi connectivity index (χ0) is 14.4. The molecule has 1 aliphatic heterocycles. The topological polar surface area (TPSA) is 44.3 Å². The second-order valence-corrected chi connectivity index (χ2v) is 6.97. The van der Waals surface area contributed by atoms with E-state index in [9.17, 15) is 0 Å². The summed E-state index contributed by atoms with van der Waals surface area (Å²) in [6.07, 6.45) is 3.73. The molecular weight excluding hydrogens is 270 g/mol. The van der Waals surface area contributed by atoms with Crippen molar-refractivity contribution in [3.63, 3.8) is 0 Å². The van der Waals surface area contributed by atoms with Crippen LogP contribution < -0.4 is 5.32 Å². The van der Waals surface area contributed by atoms with Gasteiger partial charge in [0.2, 0.25) is 5.13 Å². The van der Waals surface area contributed by atoms with Crippen molar-refractivity contribution in [1.82, 2.24) is 20.0 Å². The molecule has 114 valence electrons. The first-order chi connectivity index (χ1) is 9.67. The summed E-state index contributed by atoms with van der Waals surface area (Å²) in [6.45, 7) is 7.70. The predicted octanol–water partition coefficient (Wildman–Crippen LogP) is 2.13. The van der Waals surface area contributed by atoms with Gasteiger partial charge >= 0.3 is 0 Å². The average molecular weight is 297 g/mol. The Labute approximate surface area is 126 Å². The number of aromatic nitrogens is 2. The fraction of sp³-hybridized carbons (Fsp3) is 0.857. The molecule has 0 atom stereocenters. The van der Waals surface area contributed by atoms with Crippen LogP contribution in [0, 0.1) is 5.92 Å². The van der Waals surface area contributed by atoms with E-state index in [0.717, 1.165) is 35.6 Å². The van der Waals surface area contributed by atoms with Crippen molar-refractivity contribution < 1.29 is 0 Å². The van der Waals surface area contributed by atoms with Crippen LogP contribution in [0.3, 0.4) is 0 Å². The van der Waals surface area contributed by atoms with Gasteiger partial charge in [-0.25, -0.2) is 0 Å².